The Morgan fingerprint density at radius 3 is 0.759 bits per heavy atom. The molecule has 0 rings (SSSR count). The van der Waals surface area contributed by atoms with Crippen LogP contribution in [0.3, 0.4) is 0 Å². The maximum Gasteiger partial charge on any atom is 0.306 e. The molecule has 83 heavy (non-hydrogen) atoms. The SMILES string of the molecule is CC/C=C\C/C=C\C/C=C\C/C=C\CCCCCCCCCCCCCCC(=O)OCC(COC(=O)CCCCCCCCC/C=C\C/C=C\CCCCC)OC(=O)CCCCCCCCCCCCCCCCCCCCCCCCC. The quantitative estimate of drug-likeness (QED) is 0.0261. The molecule has 6 nitrogen and oxygen atoms in total. The van der Waals surface area contributed by atoms with Gasteiger partial charge < -0.3 is 14.2 Å². The summed E-state index contributed by atoms with van der Waals surface area (Å²) in [5, 5.41) is 0. The highest BCUT2D eigenvalue weighted by molar-refractivity contribution is 5.71. The van der Waals surface area contributed by atoms with E-state index in [0.717, 1.165) is 96.3 Å². The predicted molar refractivity (Wildman–Crippen MR) is 362 cm³/mol. The van der Waals surface area contributed by atoms with E-state index in [0.29, 0.717) is 19.3 Å². The number of esters is 3. The summed E-state index contributed by atoms with van der Waals surface area (Å²) in [6.45, 7) is 6.56. The van der Waals surface area contributed by atoms with Gasteiger partial charge in [-0.05, 0) is 89.9 Å². The van der Waals surface area contributed by atoms with Crippen molar-refractivity contribution in [3.8, 4) is 0 Å². The average Bonchev–Trinajstić information content (AvgIpc) is 3.49. The van der Waals surface area contributed by atoms with Crippen LogP contribution >= 0.6 is 0 Å². The molecular weight excluding hydrogens is 1020 g/mol. The lowest BCUT2D eigenvalue weighted by Crippen LogP contribution is -2.30. The minimum absolute atomic E-state index is 0.0749. The van der Waals surface area contributed by atoms with Crippen molar-refractivity contribution in [2.45, 2.75) is 386 Å². The zero-order valence-corrected chi connectivity index (χ0v) is 55.5. The Balaban J connectivity index is 4.31. The molecular formula is C77H138O6. The van der Waals surface area contributed by atoms with E-state index in [1.54, 1.807) is 0 Å². The summed E-state index contributed by atoms with van der Waals surface area (Å²) in [4.78, 5) is 38.5. The van der Waals surface area contributed by atoms with Crippen LogP contribution in [0.4, 0.5) is 0 Å². The molecule has 0 aliphatic carbocycles. The fourth-order valence-corrected chi connectivity index (χ4v) is 10.8. The largest absolute Gasteiger partial charge is 0.462 e. The van der Waals surface area contributed by atoms with Crippen molar-refractivity contribution >= 4 is 17.9 Å². The van der Waals surface area contributed by atoms with E-state index in [4.69, 9.17) is 14.2 Å². The lowest BCUT2D eigenvalue weighted by molar-refractivity contribution is -0.167. The first-order valence-electron chi connectivity index (χ1n) is 36.4. The van der Waals surface area contributed by atoms with Crippen LogP contribution in [-0.4, -0.2) is 37.2 Å². The lowest BCUT2D eigenvalue weighted by atomic mass is 10.0. The fraction of sp³-hybridized carbons (Fsp3) is 0.805. The van der Waals surface area contributed by atoms with Gasteiger partial charge in [0.1, 0.15) is 13.2 Å². The van der Waals surface area contributed by atoms with Crippen LogP contribution < -0.4 is 0 Å². The van der Waals surface area contributed by atoms with Crippen molar-refractivity contribution in [1.29, 1.82) is 0 Å². The number of hydrogen-bond donors (Lipinski definition) is 0. The maximum absolute atomic E-state index is 13.0. The Bertz CT molecular complexity index is 1520. The topological polar surface area (TPSA) is 78.9 Å². The van der Waals surface area contributed by atoms with Gasteiger partial charge in [0, 0.05) is 19.3 Å². The van der Waals surface area contributed by atoms with Crippen molar-refractivity contribution in [3.05, 3.63) is 72.9 Å². The van der Waals surface area contributed by atoms with Crippen LogP contribution in [0.2, 0.25) is 0 Å². The first-order chi connectivity index (χ1) is 41.0. The van der Waals surface area contributed by atoms with Crippen molar-refractivity contribution in [3.63, 3.8) is 0 Å². The van der Waals surface area contributed by atoms with E-state index < -0.39 is 6.10 Å². The minimum Gasteiger partial charge on any atom is -0.462 e. The van der Waals surface area contributed by atoms with Gasteiger partial charge in [0.15, 0.2) is 6.10 Å². The second-order valence-corrected chi connectivity index (χ2v) is 24.5. The van der Waals surface area contributed by atoms with Crippen LogP contribution in [0.25, 0.3) is 0 Å². The summed E-state index contributed by atoms with van der Waals surface area (Å²) in [5.41, 5.74) is 0. The number of carbonyl (C=O) groups excluding carboxylic acids is 3. The van der Waals surface area contributed by atoms with Gasteiger partial charge in [-0.25, -0.2) is 0 Å². The van der Waals surface area contributed by atoms with E-state index in [-0.39, 0.29) is 31.1 Å². The van der Waals surface area contributed by atoms with E-state index in [1.807, 2.05) is 0 Å². The molecule has 0 radical (unpaired) electrons. The van der Waals surface area contributed by atoms with Gasteiger partial charge >= 0.3 is 17.9 Å². The molecule has 1 atom stereocenters. The third-order valence-electron chi connectivity index (χ3n) is 16.2. The van der Waals surface area contributed by atoms with Crippen LogP contribution in [-0.2, 0) is 28.6 Å². The van der Waals surface area contributed by atoms with Gasteiger partial charge in [-0.15, -0.1) is 0 Å². The van der Waals surface area contributed by atoms with Crippen molar-refractivity contribution in [2.75, 3.05) is 13.2 Å². The number of rotatable bonds is 67. The van der Waals surface area contributed by atoms with Crippen LogP contribution in [0, 0.1) is 0 Å². The molecule has 0 fully saturated rings. The smallest absolute Gasteiger partial charge is 0.306 e. The molecule has 0 saturated heterocycles. The molecule has 1 unspecified atom stereocenters. The Kier molecular flexibility index (Phi) is 68.6. The van der Waals surface area contributed by atoms with E-state index >= 15 is 0 Å². The molecule has 0 saturated carbocycles. The number of hydrogen-bond acceptors (Lipinski definition) is 6. The molecule has 6 heteroatoms. The zero-order valence-electron chi connectivity index (χ0n) is 55.5. The monoisotopic (exact) mass is 1160 g/mol. The Morgan fingerprint density at radius 2 is 0.470 bits per heavy atom. The summed E-state index contributed by atoms with van der Waals surface area (Å²) in [7, 11) is 0. The molecule has 0 aromatic heterocycles. The van der Waals surface area contributed by atoms with Crippen molar-refractivity contribution in [2.24, 2.45) is 0 Å². The van der Waals surface area contributed by atoms with E-state index in [2.05, 4.69) is 93.7 Å². The first kappa shape index (κ1) is 79.8. The van der Waals surface area contributed by atoms with E-state index in [1.165, 1.54) is 244 Å². The van der Waals surface area contributed by atoms with Gasteiger partial charge in [-0.1, -0.05) is 344 Å². The van der Waals surface area contributed by atoms with Gasteiger partial charge in [0.05, 0.1) is 0 Å². The zero-order chi connectivity index (χ0) is 59.9. The van der Waals surface area contributed by atoms with E-state index in [9.17, 15) is 14.4 Å². The van der Waals surface area contributed by atoms with Crippen LogP contribution in [0.5, 0.6) is 0 Å². The third-order valence-corrected chi connectivity index (χ3v) is 16.2. The second kappa shape index (κ2) is 71.3. The maximum atomic E-state index is 13.0. The molecule has 0 aromatic rings. The molecule has 0 aliphatic rings. The Hall–Kier alpha value is -3.15. The van der Waals surface area contributed by atoms with Crippen LogP contribution in [0.15, 0.2) is 72.9 Å². The van der Waals surface area contributed by atoms with Crippen molar-refractivity contribution in [1.82, 2.24) is 0 Å². The number of unbranched alkanes of at least 4 members (excludes halogenated alkanes) is 44. The Morgan fingerprint density at radius 1 is 0.253 bits per heavy atom. The van der Waals surface area contributed by atoms with Gasteiger partial charge in [-0.2, -0.15) is 0 Å². The summed E-state index contributed by atoms with van der Waals surface area (Å²) in [5.74, 6) is -0.859. The molecule has 0 aliphatic heterocycles. The molecule has 0 aromatic carbocycles. The molecule has 0 amide bonds. The molecule has 0 heterocycles. The van der Waals surface area contributed by atoms with Gasteiger partial charge in [-0.3, -0.25) is 14.4 Å². The summed E-state index contributed by atoms with van der Waals surface area (Å²) in [6.07, 6.45) is 93.6. The number of allylic oxidation sites excluding steroid dienone is 12. The van der Waals surface area contributed by atoms with Crippen LogP contribution in [0.1, 0.15) is 380 Å². The highest BCUT2D eigenvalue weighted by Gasteiger charge is 2.19. The molecule has 0 bridgehead atoms. The minimum atomic E-state index is -0.780. The average molecular weight is 1160 g/mol. The lowest BCUT2D eigenvalue weighted by Gasteiger charge is -2.18. The highest BCUT2D eigenvalue weighted by Crippen LogP contribution is 2.18. The predicted octanol–water partition coefficient (Wildman–Crippen LogP) is 25.2. The normalized spacial score (nSPS) is 12.5. The van der Waals surface area contributed by atoms with Gasteiger partial charge in [0.25, 0.3) is 0 Å². The highest BCUT2D eigenvalue weighted by atomic mass is 16.6. The summed E-state index contributed by atoms with van der Waals surface area (Å²) in [6, 6.07) is 0. The second-order valence-electron chi connectivity index (χ2n) is 24.5. The molecule has 482 valence electrons. The number of ether oxygens (including phenoxy) is 3. The number of carbonyl (C=O) groups is 3. The Labute approximate surface area is 516 Å². The van der Waals surface area contributed by atoms with Gasteiger partial charge in [0.2, 0.25) is 0 Å². The van der Waals surface area contributed by atoms with Crippen molar-refractivity contribution < 1.29 is 28.6 Å². The summed E-state index contributed by atoms with van der Waals surface area (Å²) >= 11 is 0. The molecule has 0 spiro atoms. The standard InChI is InChI=1S/C77H138O6/c1-4-7-10-13-16-19-22-25-28-31-33-35-37-38-40-41-43-46-49-52-55-58-61-64-67-70-76(79)82-73-74(72-81-75(78)69-66-63-60-57-54-51-48-45-30-27-24-21-18-15-12-9-6-3)83-77(80)71-68-65-62-59-56-53-50-47-44-42-39-36-34-32-29-26-23-20-17-14-11-8-5-2/h7,10,16,18-19,21,25,27-28,30,33,35,74H,4-6,8-9,11-15,17,20,22-24,26,29,31-32,34,36-73H2,1-3H3/b10-7-,19-16-,21-18-,28-25-,30-27-,35-33-. The first-order valence-corrected chi connectivity index (χ1v) is 36.4. The fourth-order valence-electron chi connectivity index (χ4n) is 10.8. The third kappa shape index (κ3) is 69.5. The molecule has 0 N–H and O–H groups in total. The summed E-state index contributed by atoms with van der Waals surface area (Å²) < 4.78 is 17.0.